The fraction of sp³-hybridized carbons (Fsp3) is 0.333. The molecule has 1 saturated heterocycles. The van der Waals surface area contributed by atoms with E-state index in [0.29, 0.717) is 23.9 Å². The second kappa shape index (κ2) is 7.98. The average Bonchev–Trinajstić information content (AvgIpc) is 3.11. The summed E-state index contributed by atoms with van der Waals surface area (Å²) < 4.78 is 20.7. The van der Waals surface area contributed by atoms with Crippen molar-refractivity contribution >= 4 is 22.6 Å². The number of rotatable bonds is 5. The average molecular weight is 382 g/mol. The predicted octanol–water partition coefficient (Wildman–Crippen LogP) is 3.46. The van der Waals surface area contributed by atoms with Gasteiger partial charge in [0.1, 0.15) is 11.6 Å². The van der Waals surface area contributed by atoms with Crippen LogP contribution in [0.15, 0.2) is 48.8 Å². The minimum Gasteiger partial charge on any atom is -0.497 e. The molecule has 0 unspecified atom stereocenters. The van der Waals surface area contributed by atoms with E-state index >= 15 is 0 Å². The minimum absolute atomic E-state index is 0.0322. The number of likely N-dealkylation sites (tertiary alicyclic amines) is 1. The number of benzene rings is 2. The molecule has 7 heteroatoms. The number of halogens is 1. The fourth-order valence-electron chi connectivity index (χ4n) is 3.76. The smallest absolute Gasteiger partial charge is 0.238 e. The molecule has 2 heterocycles. The monoisotopic (exact) mass is 382 g/mol. The van der Waals surface area contributed by atoms with Crippen molar-refractivity contribution in [3.05, 3.63) is 54.6 Å². The van der Waals surface area contributed by atoms with E-state index < -0.39 is 0 Å². The van der Waals surface area contributed by atoms with Crippen molar-refractivity contribution in [1.29, 1.82) is 0 Å². The van der Waals surface area contributed by atoms with Crippen LogP contribution >= 0.6 is 0 Å². The molecule has 1 fully saturated rings. The Bertz CT molecular complexity index is 979. The van der Waals surface area contributed by atoms with E-state index in [2.05, 4.69) is 19.8 Å². The summed E-state index contributed by atoms with van der Waals surface area (Å²) in [6.45, 7) is 2.02. The standard InChI is InChI=1S/C21H23FN4O2/c1-28-18-4-2-3-16(12-18)24-21(27)13-25-9-7-17(8-10-25)26-14-23-19-11-15(22)5-6-20(19)26/h2-6,11-12,14,17H,7-10,13H2,1H3,(H,24,27). The van der Waals surface area contributed by atoms with Gasteiger partial charge in [0.15, 0.2) is 0 Å². The van der Waals surface area contributed by atoms with E-state index in [-0.39, 0.29) is 11.7 Å². The summed E-state index contributed by atoms with van der Waals surface area (Å²) >= 11 is 0. The number of ether oxygens (including phenoxy) is 1. The Morgan fingerprint density at radius 3 is 2.86 bits per heavy atom. The molecule has 28 heavy (non-hydrogen) atoms. The fourth-order valence-corrected chi connectivity index (χ4v) is 3.76. The first-order chi connectivity index (χ1) is 13.6. The Kier molecular flexibility index (Phi) is 5.25. The van der Waals surface area contributed by atoms with Gasteiger partial charge in [0.25, 0.3) is 0 Å². The summed E-state index contributed by atoms with van der Waals surface area (Å²) in [5.74, 6) is 0.413. The molecule has 3 aromatic rings. The van der Waals surface area contributed by atoms with Crippen LogP contribution < -0.4 is 10.1 Å². The van der Waals surface area contributed by atoms with Crippen LogP contribution in [-0.4, -0.2) is 47.1 Å². The number of carbonyl (C=O) groups excluding carboxylic acids is 1. The number of nitrogens with one attached hydrogen (secondary N) is 1. The molecule has 4 rings (SSSR count). The van der Waals surface area contributed by atoms with Gasteiger partial charge >= 0.3 is 0 Å². The molecule has 1 aromatic heterocycles. The van der Waals surface area contributed by atoms with E-state index in [0.717, 1.165) is 37.1 Å². The number of nitrogens with zero attached hydrogens (tertiary/aromatic N) is 3. The van der Waals surface area contributed by atoms with E-state index in [1.807, 2.05) is 18.2 Å². The number of fused-ring (bicyclic) bond motifs is 1. The number of hydrogen-bond donors (Lipinski definition) is 1. The normalized spacial score (nSPS) is 15.6. The molecular weight excluding hydrogens is 359 g/mol. The number of amides is 1. The lowest BCUT2D eigenvalue weighted by atomic mass is 10.0. The molecule has 1 amide bonds. The Labute approximate surface area is 162 Å². The van der Waals surface area contributed by atoms with Crippen molar-refractivity contribution < 1.29 is 13.9 Å². The lowest BCUT2D eigenvalue weighted by molar-refractivity contribution is -0.117. The van der Waals surface area contributed by atoms with E-state index in [1.165, 1.54) is 12.1 Å². The van der Waals surface area contributed by atoms with Gasteiger partial charge in [0, 0.05) is 37.0 Å². The Balaban J connectivity index is 1.33. The first-order valence-corrected chi connectivity index (χ1v) is 9.41. The van der Waals surface area contributed by atoms with E-state index in [9.17, 15) is 9.18 Å². The second-order valence-electron chi connectivity index (χ2n) is 7.07. The number of anilines is 1. The molecule has 0 aliphatic carbocycles. The summed E-state index contributed by atoms with van der Waals surface area (Å²) in [6, 6.07) is 12.4. The van der Waals surface area contributed by atoms with E-state index in [4.69, 9.17) is 4.74 Å². The number of aromatic nitrogens is 2. The summed E-state index contributed by atoms with van der Waals surface area (Å²) in [6.07, 6.45) is 3.64. The van der Waals surface area contributed by atoms with Crippen LogP contribution in [0.3, 0.4) is 0 Å². The Morgan fingerprint density at radius 1 is 1.25 bits per heavy atom. The molecule has 1 aliphatic heterocycles. The summed E-state index contributed by atoms with van der Waals surface area (Å²) in [5, 5.41) is 2.92. The van der Waals surface area contributed by atoms with Gasteiger partial charge in [-0.25, -0.2) is 9.37 Å². The van der Waals surface area contributed by atoms with Gasteiger partial charge in [-0.15, -0.1) is 0 Å². The first-order valence-electron chi connectivity index (χ1n) is 9.41. The van der Waals surface area contributed by atoms with Crippen LogP contribution in [0.25, 0.3) is 11.0 Å². The lowest BCUT2D eigenvalue weighted by Gasteiger charge is -2.32. The van der Waals surface area contributed by atoms with Gasteiger partial charge in [-0.2, -0.15) is 0 Å². The van der Waals surface area contributed by atoms with Crippen molar-refractivity contribution in [2.45, 2.75) is 18.9 Å². The highest BCUT2D eigenvalue weighted by atomic mass is 19.1. The van der Waals surface area contributed by atoms with Gasteiger partial charge in [-0.05, 0) is 37.1 Å². The molecule has 0 bridgehead atoms. The molecule has 146 valence electrons. The van der Waals surface area contributed by atoms with Gasteiger partial charge in [0.05, 0.1) is 31.0 Å². The lowest BCUT2D eigenvalue weighted by Crippen LogP contribution is -2.39. The highest BCUT2D eigenvalue weighted by Gasteiger charge is 2.23. The molecule has 1 N–H and O–H groups in total. The van der Waals surface area contributed by atoms with Crippen molar-refractivity contribution in [2.75, 3.05) is 32.1 Å². The Morgan fingerprint density at radius 2 is 2.07 bits per heavy atom. The zero-order valence-corrected chi connectivity index (χ0v) is 15.8. The SMILES string of the molecule is COc1cccc(NC(=O)CN2CCC(n3cnc4cc(F)ccc43)CC2)c1. The van der Waals surface area contributed by atoms with Crippen LogP contribution in [0.1, 0.15) is 18.9 Å². The molecule has 2 aromatic carbocycles. The highest BCUT2D eigenvalue weighted by Crippen LogP contribution is 2.27. The number of carbonyl (C=O) groups is 1. The van der Waals surface area contributed by atoms with Crippen LogP contribution in [0.4, 0.5) is 10.1 Å². The topological polar surface area (TPSA) is 59.4 Å². The third-order valence-electron chi connectivity index (χ3n) is 5.21. The van der Waals surface area contributed by atoms with Gasteiger partial charge in [0.2, 0.25) is 5.91 Å². The predicted molar refractivity (Wildman–Crippen MR) is 106 cm³/mol. The zero-order chi connectivity index (χ0) is 19.5. The van der Waals surface area contributed by atoms with Crippen molar-refractivity contribution in [3.63, 3.8) is 0 Å². The van der Waals surface area contributed by atoms with Crippen LogP contribution in [-0.2, 0) is 4.79 Å². The van der Waals surface area contributed by atoms with Crippen LogP contribution in [0, 0.1) is 5.82 Å². The third kappa shape index (κ3) is 3.99. The van der Waals surface area contributed by atoms with Gasteiger partial charge in [-0.1, -0.05) is 6.07 Å². The van der Waals surface area contributed by atoms with Crippen molar-refractivity contribution in [2.24, 2.45) is 0 Å². The van der Waals surface area contributed by atoms with Crippen LogP contribution in [0.2, 0.25) is 0 Å². The van der Waals surface area contributed by atoms with Crippen molar-refractivity contribution in [1.82, 2.24) is 14.5 Å². The summed E-state index contributed by atoms with van der Waals surface area (Å²) in [7, 11) is 1.60. The maximum Gasteiger partial charge on any atom is 0.238 e. The first kappa shape index (κ1) is 18.4. The summed E-state index contributed by atoms with van der Waals surface area (Å²) in [5.41, 5.74) is 2.37. The number of imidazole rings is 1. The molecule has 0 atom stereocenters. The number of methoxy groups -OCH3 is 1. The third-order valence-corrected chi connectivity index (χ3v) is 5.21. The largest absolute Gasteiger partial charge is 0.497 e. The molecule has 0 radical (unpaired) electrons. The molecule has 1 aliphatic rings. The van der Waals surface area contributed by atoms with Gasteiger partial charge < -0.3 is 14.6 Å². The zero-order valence-electron chi connectivity index (χ0n) is 15.8. The van der Waals surface area contributed by atoms with E-state index in [1.54, 1.807) is 25.6 Å². The molecule has 0 spiro atoms. The number of piperidine rings is 1. The highest BCUT2D eigenvalue weighted by molar-refractivity contribution is 5.92. The molecule has 0 saturated carbocycles. The number of hydrogen-bond acceptors (Lipinski definition) is 4. The Hall–Kier alpha value is -2.93. The van der Waals surface area contributed by atoms with Crippen LogP contribution in [0.5, 0.6) is 5.75 Å². The molecule has 6 nitrogen and oxygen atoms in total. The maximum atomic E-state index is 13.4. The minimum atomic E-state index is -0.269. The summed E-state index contributed by atoms with van der Waals surface area (Å²) in [4.78, 5) is 18.8. The van der Waals surface area contributed by atoms with Crippen molar-refractivity contribution in [3.8, 4) is 5.75 Å². The quantitative estimate of drug-likeness (QED) is 0.734. The molecular formula is C21H23FN4O2. The maximum absolute atomic E-state index is 13.4. The van der Waals surface area contributed by atoms with Gasteiger partial charge in [-0.3, -0.25) is 9.69 Å². The second-order valence-corrected chi connectivity index (χ2v) is 7.07.